The quantitative estimate of drug-likeness (QED) is 0.258. The summed E-state index contributed by atoms with van der Waals surface area (Å²) in [6, 6.07) is 12.2. The molecule has 0 bridgehead atoms. The van der Waals surface area contributed by atoms with Crippen molar-refractivity contribution < 1.29 is 9.18 Å². The zero-order valence-electron chi connectivity index (χ0n) is 21.0. The van der Waals surface area contributed by atoms with Gasteiger partial charge < -0.3 is 10.3 Å². The maximum atomic E-state index is 13.5. The van der Waals surface area contributed by atoms with Crippen molar-refractivity contribution in [2.45, 2.75) is 20.8 Å². The van der Waals surface area contributed by atoms with E-state index in [1.807, 2.05) is 39.0 Å². The summed E-state index contributed by atoms with van der Waals surface area (Å²) in [5.74, 6) is -0.376. The molecule has 0 unspecified atom stereocenters. The van der Waals surface area contributed by atoms with Gasteiger partial charge in [0.15, 0.2) is 0 Å². The van der Waals surface area contributed by atoms with E-state index in [1.54, 1.807) is 43.1 Å². The number of carbonyl (C=O) groups excluding carboxylic acids is 1. The molecule has 0 aliphatic carbocycles. The second kappa shape index (κ2) is 8.88. The summed E-state index contributed by atoms with van der Waals surface area (Å²) in [5, 5.41) is 12.4. The standard InChI is InChI=1S/C29H24FN7O/c1-29(2,3)28(38)34-19-8-17(11-31-12-19)23-10-21-26(15-33-23)36-37-27(21)24-9-20-22(13-32-14-25(20)35-24)16-4-6-18(30)7-5-16/h4-15,35H,1-3H3,(H,34,38)(H,36,37). The van der Waals surface area contributed by atoms with Crippen LogP contribution < -0.4 is 5.32 Å². The van der Waals surface area contributed by atoms with Crippen LogP contribution in [0.15, 0.2) is 73.4 Å². The largest absolute Gasteiger partial charge is 0.352 e. The third-order valence-corrected chi connectivity index (χ3v) is 6.38. The number of rotatable bonds is 4. The Morgan fingerprint density at radius 2 is 1.66 bits per heavy atom. The highest BCUT2D eigenvalue weighted by atomic mass is 19.1. The predicted octanol–water partition coefficient (Wildman–Crippen LogP) is 6.35. The first-order valence-electron chi connectivity index (χ1n) is 12.1. The number of aromatic nitrogens is 6. The lowest BCUT2D eigenvalue weighted by molar-refractivity contribution is -0.123. The Morgan fingerprint density at radius 3 is 2.45 bits per heavy atom. The van der Waals surface area contributed by atoms with Crippen LogP contribution in [0.25, 0.3) is 55.6 Å². The molecule has 5 heterocycles. The second-order valence-corrected chi connectivity index (χ2v) is 10.2. The number of halogens is 1. The Hall–Kier alpha value is -4.92. The van der Waals surface area contributed by atoms with Gasteiger partial charge in [-0.25, -0.2) is 4.39 Å². The summed E-state index contributed by atoms with van der Waals surface area (Å²) >= 11 is 0. The Morgan fingerprint density at radius 1 is 0.868 bits per heavy atom. The molecule has 1 aromatic carbocycles. The van der Waals surface area contributed by atoms with E-state index in [9.17, 15) is 9.18 Å². The highest BCUT2D eigenvalue weighted by Crippen LogP contribution is 2.34. The maximum Gasteiger partial charge on any atom is 0.229 e. The van der Waals surface area contributed by atoms with E-state index in [0.717, 1.165) is 49.9 Å². The molecule has 0 radical (unpaired) electrons. The number of H-pyrrole nitrogens is 2. The van der Waals surface area contributed by atoms with Gasteiger partial charge in [-0.05, 0) is 35.9 Å². The van der Waals surface area contributed by atoms with Crippen LogP contribution in [0, 0.1) is 11.2 Å². The third kappa shape index (κ3) is 4.28. The number of fused-ring (bicyclic) bond motifs is 2. The average Bonchev–Trinajstić information content (AvgIpc) is 3.52. The van der Waals surface area contributed by atoms with Crippen LogP contribution in [-0.2, 0) is 4.79 Å². The lowest BCUT2D eigenvalue weighted by Gasteiger charge is -2.17. The van der Waals surface area contributed by atoms with Gasteiger partial charge in [0.25, 0.3) is 0 Å². The molecule has 0 aliphatic heterocycles. The molecule has 6 aromatic rings. The molecule has 8 nitrogen and oxygen atoms in total. The van der Waals surface area contributed by atoms with E-state index in [-0.39, 0.29) is 11.7 Å². The lowest BCUT2D eigenvalue weighted by Crippen LogP contribution is -2.27. The van der Waals surface area contributed by atoms with Crippen LogP contribution in [0.4, 0.5) is 10.1 Å². The zero-order chi connectivity index (χ0) is 26.4. The molecule has 9 heteroatoms. The van der Waals surface area contributed by atoms with E-state index < -0.39 is 5.41 Å². The molecule has 0 saturated carbocycles. The fourth-order valence-electron chi connectivity index (χ4n) is 4.29. The van der Waals surface area contributed by atoms with Crippen molar-refractivity contribution in [2.75, 3.05) is 5.32 Å². The Labute approximate surface area is 217 Å². The van der Waals surface area contributed by atoms with Crippen molar-refractivity contribution in [2.24, 2.45) is 5.41 Å². The van der Waals surface area contributed by atoms with Crippen molar-refractivity contribution in [3.63, 3.8) is 0 Å². The van der Waals surface area contributed by atoms with E-state index in [2.05, 4.69) is 35.5 Å². The highest BCUT2D eigenvalue weighted by Gasteiger charge is 2.21. The Bertz CT molecular complexity index is 1810. The number of anilines is 1. The van der Waals surface area contributed by atoms with E-state index in [1.165, 1.54) is 12.1 Å². The minimum atomic E-state index is -0.523. The maximum absolute atomic E-state index is 13.5. The van der Waals surface area contributed by atoms with Gasteiger partial charge in [0, 0.05) is 39.7 Å². The summed E-state index contributed by atoms with van der Waals surface area (Å²) in [5.41, 5.74) is 6.49. The van der Waals surface area contributed by atoms with Crippen LogP contribution in [0.3, 0.4) is 0 Å². The van der Waals surface area contributed by atoms with Gasteiger partial charge in [-0.3, -0.25) is 24.8 Å². The van der Waals surface area contributed by atoms with Gasteiger partial charge in [-0.1, -0.05) is 32.9 Å². The van der Waals surface area contributed by atoms with Crippen LogP contribution in [-0.4, -0.2) is 36.0 Å². The first-order chi connectivity index (χ1) is 18.3. The molecule has 0 spiro atoms. The number of aromatic amines is 2. The SMILES string of the molecule is CC(C)(C)C(=O)Nc1cncc(-c2cc3c(-c4cc5c(-c6ccc(F)cc6)cncc5[nH]4)n[nH]c3cn2)c1. The fourth-order valence-corrected chi connectivity index (χ4v) is 4.29. The average molecular weight is 506 g/mol. The number of pyridine rings is 3. The minimum Gasteiger partial charge on any atom is -0.352 e. The molecular weight excluding hydrogens is 481 g/mol. The Balaban J connectivity index is 1.39. The monoisotopic (exact) mass is 505 g/mol. The minimum absolute atomic E-state index is 0.0923. The van der Waals surface area contributed by atoms with E-state index in [0.29, 0.717) is 11.4 Å². The number of nitrogens with zero attached hydrogens (tertiary/aromatic N) is 4. The van der Waals surface area contributed by atoms with Crippen LogP contribution in [0.2, 0.25) is 0 Å². The molecule has 0 aliphatic rings. The molecule has 1 amide bonds. The molecule has 0 fully saturated rings. The summed E-state index contributed by atoms with van der Waals surface area (Å²) in [4.78, 5) is 29.1. The van der Waals surface area contributed by atoms with Crippen molar-refractivity contribution in [1.82, 2.24) is 30.1 Å². The molecular formula is C29H24FN7O. The highest BCUT2D eigenvalue weighted by molar-refractivity contribution is 6.01. The van der Waals surface area contributed by atoms with Crippen molar-refractivity contribution in [3.05, 3.63) is 79.3 Å². The van der Waals surface area contributed by atoms with Crippen molar-refractivity contribution in [1.29, 1.82) is 0 Å². The van der Waals surface area contributed by atoms with Gasteiger partial charge in [0.2, 0.25) is 5.91 Å². The van der Waals surface area contributed by atoms with Crippen LogP contribution in [0.1, 0.15) is 20.8 Å². The van der Waals surface area contributed by atoms with E-state index >= 15 is 0 Å². The predicted molar refractivity (Wildman–Crippen MR) is 146 cm³/mol. The van der Waals surface area contributed by atoms with Gasteiger partial charge in [-0.15, -0.1) is 0 Å². The normalized spacial score (nSPS) is 11.8. The molecule has 6 rings (SSSR count). The second-order valence-electron chi connectivity index (χ2n) is 10.2. The zero-order valence-corrected chi connectivity index (χ0v) is 21.0. The number of carbonyl (C=O) groups is 1. The summed E-state index contributed by atoms with van der Waals surface area (Å²) in [6.07, 6.45) is 8.60. The molecule has 188 valence electrons. The summed E-state index contributed by atoms with van der Waals surface area (Å²) < 4.78 is 13.5. The fraction of sp³-hybridized carbons (Fsp3) is 0.138. The number of nitrogens with one attached hydrogen (secondary N) is 3. The number of hydrogen-bond acceptors (Lipinski definition) is 5. The summed E-state index contributed by atoms with van der Waals surface area (Å²) in [6.45, 7) is 5.58. The van der Waals surface area contributed by atoms with Gasteiger partial charge in [0.1, 0.15) is 11.5 Å². The molecule has 3 N–H and O–H groups in total. The molecule has 38 heavy (non-hydrogen) atoms. The first-order valence-corrected chi connectivity index (χ1v) is 12.1. The van der Waals surface area contributed by atoms with Crippen LogP contribution in [0.5, 0.6) is 0 Å². The summed E-state index contributed by atoms with van der Waals surface area (Å²) in [7, 11) is 0. The third-order valence-electron chi connectivity index (χ3n) is 6.38. The number of benzene rings is 1. The van der Waals surface area contributed by atoms with Gasteiger partial charge >= 0.3 is 0 Å². The van der Waals surface area contributed by atoms with E-state index in [4.69, 9.17) is 0 Å². The van der Waals surface area contributed by atoms with Crippen LogP contribution >= 0.6 is 0 Å². The smallest absolute Gasteiger partial charge is 0.229 e. The molecule has 0 saturated heterocycles. The first kappa shape index (κ1) is 23.5. The molecule has 5 aromatic heterocycles. The number of hydrogen-bond donors (Lipinski definition) is 3. The Kier molecular flexibility index (Phi) is 5.48. The number of amides is 1. The van der Waals surface area contributed by atoms with Gasteiger partial charge in [0.05, 0.1) is 46.7 Å². The van der Waals surface area contributed by atoms with Gasteiger partial charge in [-0.2, -0.15) is 5.10 Å². The lowest BCUT2D eigenvalue weighted by atomic mass is 9.95. The topological polar surface area (TPSA) is 112 Å². The van der Waals surface area contributed by atoms with Crippen molar-refractivity contribution >= 4 is 33.4 Å². The molecule has 0 atom stereocenters. The van der Waals surface area contributed by atoms with Crippen molar-refractivity contribution in [3.8, 4) is 33.8 Å².